The van der Waals surface area contributed by atoms with Crippen LogP contribution in [0.3, 0.4) is 0 Å². The summed E-state index contributed by atoms with van der Waals surface area (Å²) in [5, 5.41) is 0. The number of hydrogen-bond donors (Lipinski definition) is 2. The van der Waals surface area contributed by atoms with E-state index in [4.69, 9.17) is 11.5 Å². The van der Waals surface area contributed by atoms with E-state index in [2.05, 4.69) is 9.97 Å². The third kappa shape index (κ3) is 2.31. The van der Waals surface area contributed by atoms with E-state index >= 15 is 0 Å². The molecule has 0 spiro atoms. The van der Waals surface area contributed by atoms with Gasteiger partial charge in [0.2, 0.25) is 5.95 Å². The minimum absolute atomic E-state index is 0.181. The summed E-state index contributed by atoms with van der Waals surface area (Å²) in [4.78, 5) is 19.9. The summed E-state index contributed by atoms with van der Waals surface area (Å²) in [6.45, 7) is 0. The van der Waals surface area contributed by atoms with E-state index in [9.17, 15) is 4.79 Å². The first-order valence-corrected chi connectivity index (χ1v) is 6.71. The molecule has 6 nitrogen and oxygen atoms in total. The predicted molar refractivity (Wildman–Crippen MR) is 84.8 cm³/mol. The molecule has 3 aromatic rings. The zero-order valence-electron chi connectivity index (χ0n) is 12.0. The molecule has 110 valence electrons. The van der Waals surface area contributed by atoms with Crippen LogP contribution in [0.4, 0.5) is 5.95 Å². The molecular weight excluding hydrogens is 278 g/mol. The Morgan fingerprint density at radius 1 is 1.18 bits per heavy atom. The second kappa shape index (κ2) is 5.33. The number of hydrogen-bond acceptors (Lipinski definition) is 4. The van der Waals surface area contributed by atoms with Crippen LogP contribution in [0.2, 0.25) is 0 Å². The monoisotopic (exact) mass is 293 g/mol. The van der Waals surface area contributed by atoms with Crippen molar-refractivity contribution in [3.63, 3.8) is 0 Å². The second-order valence-electron chi connectivity index (χ2n) is 4.88. The second-order valence-corrected chi connectivity index (χ2v) is 4.88. The summed E-state index contributed by atoms with van der Waals surface area (Å²) in [5.41, 5.74) is 14.7. The van der Waals surface area contributed by atoms with E-state index in [1.165, 1.54) is 0 Å². The van der Waals surface area contributed by atoms with Crippen LogP contribution in [-0.2, 0) is 7.05 Å². The highest BCUT2D eigenvalue weighted by molar-refractivity contribution is 6.01. The Labute approximate surface area is 127 Å². The first-order chi connectivity index (χ1) is 10.6. The molecule has 0 aliphatic rings. The summed E-state index contributed by atoms with van der Waals surface area (Å²) in [6, 6.07) is 13.1. The van der Waals surface area contributed by atoms with Crippen molar-refractivity contribution in [2.75, 3.05) is 5.73 Å². The lowest BCUT2D eigenvalue weighted by molar-refractivity contribution is 0.100. The van der Waals surface area contributed by atoms with Gasteiger partial charge in [-0.15, -0.1) is 0 Å². The van der Waals surface area contributed by atoms with Crippen molar-refractivity contribution in [3.8, 4) is 22.6 Å². The van der Waals surface area contributed by atoms with E-state index in [-0.39, 0.29) is 5.95 Å². The number of anilines is 1. The third-order valence-corrected chi connectivity index (χ3v) is 3.48. The average molecular weight is 293 g/mol. The summed E-state index contributed by atoms with van der Waals surface area (Å²) in [7, 11) is 1.86. The largest absolute Gasteiger partial charge is 0.368 e. The van der Waals surface area contributed by atoms with Gasteiger partial charge in [0.1, 0.15) is 0 Å². The van der Waals surface area contributed by atoms with Gasteiger partial charge >= 0.3 is 0 Å². The van der Waals surface area contributed by atoms with Crippen LogP contribution >= 0.6 is 0 Å². The lowest BCUT2D eigenvalue weighted by Gasteiger charge is -2.08. The smallest absolute Gasteiger partial charge is 0.250 e. The summed E-state index contributed by atoms with van der Waals surface area (Å²) < 4.78 is 1.89. The molecule has 3 rings (SSSR count). The van der Waals surface area contributed by atoms with Gasteiger partial charge < -0.3 is 16.0 Å². The number of carbonyl (C=O) groups is 1. The number of benzene rings is 1. The molecule has 1 aromatic carbocycles. The van der Waals surface area contributed by atoms with Crippen LogP contribution in [0.1, 0.15) is 10.4 Å². The van der Waals surface area contributed by atoms with Crippen LogP contribution < -0.4 is 11.5 Å². The van der Waals surface area contributed by atoms with E-state index in [1.54, 1.807) is 18.3 Å². The van der Waals surface area contributed by atoms with Crippen molar-refractivity contribution < 1.29 is 4.79 Å². The van der Waals surface area contributed by atoms with Crippen LogP contribution in [0.25, 0.3) is 22.6 Å². The molecule has 0 aliphatic carbocycles. The summed E-state index contributed by atoms with van der Waals surface area (Å²) in [6.07, 6.45) is 1.58. The van der Waals surface area contributed by atoms with E-state index < -0.39 is 5.91 Å². The molecule has 0 unspecified atom stereocenters. The highest BCUT2D eigenvalue weighted by Gasteiger charge is 2.19. The Bertz CT molecular complexity index is 839. The summed E-state index contributed by atoms with van der Waals surface area (Å²) >= 11 is 0. The minimum atomic E-state index is -0.484. The normalized spacial score (nSPS) is 10.6. The molecule has 0 saturated heterocycles. The molecule has 0 saturated carbocycles. The maximum absolute atomic E-state index is 11.8. The standard InChI is InChI=1S/C16H15N5O/c1-21-13(12-7-8-19-16(18)20-12)9-11(15(17)22)14(21)10-5-3-2-4-6-10/h2-9H,1H3,(H2,17,22)(H2,18,19,20). The Morgan fingerprint density at radius 3 is 2.55 bits per heavy atom. The average Bonchev–Trinajstić information content (AvgIpc) is 2.86. The molecule has 22 heavy (non-hydrogen) atoms. The number of amides is 1. The van der Waals surface area contributed by atoms with Crippen LogP contribution in [0.15, 0.2) is 48.7 Å². The molecule has 2 aromatic heterocycles. The number of primary amides is 1. The SMILES string of the molecule is Cn1c(-c2ccnc(N)n2)cc(C(N)=O)c1-c1ccccc1. The topological polar surface area (TPSA) is 99.8 Å². The Morgan fingerprint density at radius 2 is 1.91 bits per heavy atom. The maximum Gasteiger partial charge on any atom is 0.250 e. The van der Waals surface area contributed by atoms with Crippen LogP contribution in [0.5, 0.6) is 0 Å². The Hall–Kier alpha value is -3.15. The molecule has 0 fully saturated rings. The lowest BCUT2D eigenvalue weighted by Crippen LogP contribution is -2.11. The molecule has 4 N–H and O–H groups in total. The van der Waals surface area contributed by atoms with E-state index in [0.29, 0.717) is 11.3 Å². The van der Waals surface area contributed by atoms with Gasteiger partial charge in [-0.1, -0.05) is 30.3 Å². The first-order valence-electron chi connectivity index (χ1n) is 6.71. The number of nitrogen functional groups attached to an aromatic ring is 1. The van der Waals surface area contributed by atoms with Gasteiger partial charge in [0, 0.05) is 13.2 Å². The minimum Gasteiger partial charge on any atom is -0.368 e. The first kappa shape index (κ1) is 13.8. The van der Waals surface area contributed by atoms with Crippen molar-refractivity contribution in [2.24, 2.45) is 12.8 Å². The van der Waals surface area contributed by atoms with Gasteiger partial charge in [0.15, 0.2) is 0 Å². The molecule has 6 heteroatoms. The fourth-order valence-corrected chi connectivity index (χ4v) is 2.50. The third-order valence-electron chi connectivity index (χ3n) is 3.48. The van der Waals surface area contributed by atoms with Gasteiger partial charge in [-0.2, -0.15) is 0 Å². The quantitative estimate of drug-likeness (QED) is 0.769. The van der Waals surface area contributed by atoms with Crippen molar-refractivity contribution in [1.29, 1.82) is 0 Å². The molecule has 0 aliphatic heterocycles. The van der Waals surface area contributed by atoms with Gasteiger partial charge in [-0.25, -0.2) is 9.97 Å². The van der Waals surface area contributed by atoms with Gasteiger partial charge in [0.25, 0.3) is 5.91 Å². The highest BCUT2D eigenvalue weighted by atomic mass is 16.1. The molecule has 2 heterocycles. The maximum atomic E-state index is 11.8. The fraction of sp³-hybridized carbons (Fsp3) is 0.0625. The Balaban J connectivity index is 2.25. The van der Waals surface area contributed by atoms with Crippen LogP contribution in [0, 0.1) is 0 Å². The van der Waals surface area contributed by atoms with Gasteiger partial charge in [-0.3, -0.25) is 4.79 Å². The van der Waals surface area contributed by atoms with Crippen molar-refractivity contribution in [3.05, 3.63) is 54.2 Å². The zero-order chi connectivity index (χ0) is 15.7. The Kier molecular flexibility index (Phi) is 3.34. The molecule has 0 bridgehead atoms. The van der Waals surface area contributed by atoms with Crippen LogP contribution in [-0.4, -0.2) is 20.4 Å². The van der Waals surface area contributed by atoms with E-state index in [0.717, 1.165) is 17.0 Å². The van der Waals surface area contributed by atoms with Crippen molar-refractivity contribution in [2.45, 2.75) is 0 Å². The number of nitrogens with zero attached hydrogens (tertiary/aromatic N) is 3. The fourth-order valence-electron chi connectivity index (χ4n) is 2.50. The number of carbonyl (C=O) groups excluding carboxylic acids is 1. The molecule has 1 amide bonds. The predicted octanol–water partition coefficient (Wildman–Crippen LogP) is 1.83. The molecule has 0 radical (unpaired) electrons. The zero-order valence-corrected chi connectivity index (χ0v) is 12.0. The number of aromatic nitrogens is 3. The number of rotatable bonds is 3. The molecular formula is C16H15N5O. The highest BCUT2D eigenvalue weighted by Crippen LogP contribution is 2.31. The van der Waals surface area contributed by atoms with Crippen molar-refractivity contribution in [1.82, 2.24) is 14.5 Å². The van der Waals surface area contributed by atoms with Gasteiger partial charge in [-0.05, 0) is 17.7 Å². The number of nitrogens with two attached hydrogens (primary N) is 2. The van der Waals surface area contributed by atoms with Gasteiger partial charge in [0.05, 0.1) is 22.6 Å². The lowest BCUT2D eigenvalue weighted by atomic mass is 10.1. The van der Waals surface area contributed by atoms with Crippen molar-refractivity contribution >= 4 is 11.9 Å². The molecule has 0 atom stereocenters. The summed E-state index contributed by atoms with van der Waals surface area (Å²) in [5.74, 6) is -0.302. The van der Waals surface area contributed by atoms with E-state index in [1.807, 2.05) is 41.9 Å².